The Balaban J connectivity index is 3.07. The van der Waals surface area contributed by atoms with Gasteiger partial charge in [0.15, 0.2) is 0 Å². The Labute approximate surface area is 421 Å². The summed E-state index contributed by atoms with van der Waals surface area (Å²) >= 11 is 0. The first-order valence-corrected chi connectivity index (χ1v) is 26.1. The lowest BCUT2D eigenvalue weighted by Gasteiger charge is -2.09. The van der Waals surface area contributed by atoms with Crippen molar-refractivity contribution in [2.75, 3.05) is 271 Å². The van der Waals surface area contributed by atoms with Crippen LogP contribution in [0.3, 0.4) is 0 Å². The molecule has 70 heavy (non-hydrogen) atoms. The summed E-state index contributed by atoms with van der Waals surface area (Å²) in [6.45, 7) is 24.6. The van der Waals surface area contributed by atoms with E-state index in [0.717, 1.165) is 45.1 Å². The normalized spacial score (nSPS) is 11.7. The fourth-order valence-corrected chi connectivity index (χ4v) is 5.27. The summed E-state index contributed by atoms with van der Waals surface area (Å²) in [4.78, 5) is 0. The molecule has 0 saturated heterocycles. The van der Waals surface area contributed by atoms with Crippen molar-refractivity contribution in [1.82, 2.24) is 0 Å². The molecule has 0 aromatic heterocycles. The first-order chi connectivity index (χ1) is 34.9. The third kappa shape index (κ3) is 67.2. The van der Waals surface area contributed by atoms with E-state index in [1.165, 1.54) is 0 Å². The predicted octanol–water partition coefficient (Wildman–Crippen LogP) is 3.06. The molecule has 0 rings (SSSR count). The van der Waals surface area contributed by atoms with Crippen LogP contribution in [0.4, 0.5) is 0 Å². The van der Waals surface area contributed by atoms with Gasteiger partial charge < -0.3 is 99.8 Å². The molecule has 0 heterocycles. The zero-order valence-electron chi connectivity index (χ0n) is 43.6. The standard InChI is InChI=1S/C49H100O21/c1-2-3-10-55-20-22-57-24-26-59-28-30-61-32-34-63-36-38-65-40-42-67-44-46-69-48-49-70-47-45-68-43-41-66-39-37-64-35-33-62-31-29-60-27-25-58-23-21-56-19-8-18-54-17-7-16-53-15-6-14-52-13-5-12-51-11-4-9-50/h50H,2-49H2,1H3. The molecule has 1 N–H and O–H groups in total. The molecule has 0 unspecified atom stereocenters. The maximum atomic E-state index is 8.69. The molecule has 0 aromatic carbocycles. The van der Waals surface area contributed by atoms with Gasteiger partial charge in [0.25, 0.3) is 0 Å². The van der Waals surface area contributed by atoms with Crippen LogP contribution in [0.25, 0.3) is 0 Å². The lowest BCUT2D eigenvalue weighted by Crippen LogP contribution is -2.16. The highest BCUT2D eigenvalue weighted by molar-refractivity contribution is 4.44. The highest BCUT2D eigenvalue weighted by Gasteiger charge is 2.00. The molecular weight excluding hydrogens is 925 g/mol. The van der Waals surface area contributed by atoms with E-state index in [9.17, 15) is 0 Å². The van der Waals surface area contributed by atoms with Gasteiger partial charge in [-0.15, -0.1) is 0 Å². The molecule has 422 valence electrons. The molecule has 0 bridgehead atoms. The zero-order chi connectivity index (χ0) is 50.1. The van der Waals surface area contributed by atoms with E-state index in [0.29, 0.717) is 264 Å². The van der Waals surface area contributed by atoms with Gasteiger partial charge in [-0.05, 0) is 38.5 Å². The number of hydrogen-bond acceptors (Lipinski definition) is 21. The zero-order valence-corrected chi connectivity index (χ0v) is 43.6. The molecular formula is C49H100O21. The highest BCUT2D eigenvalue weighted by atomic mass is 16.6. The Morgan fingerprint density at radius 1 is 0.157 bits per heavy atom. The van der Waals surface area contributed by atoms with Gasteiger partial charge in [-0.1, -0.05) is 13.3 Å². The van der Waals surface area contributed by atoms with Crippen LogP contribution in [0.2, 0.25) is 0 Å². The smallest absolute Gasteiger partial charge is 0.0701 e. The quantitative estimate of drug-likeness (QED) is 0.0870. The second kappa shape index (κ2) is 68.2. The van der Waals surface area contributed by atoms with E-state index in [1.807, 2.05) is 0 Å². The molecule has 0 aliphatic carbocycles. The lowest BCUT2D eigenvalue weighted by molar-refractivity contribution is -0.0304. The minimum atomic E-state index is 0.171. The monoisotopic (exact) mass is 1020 g/mol. The Morgan fingerprint density at radius 2 is 0.271 bits per heavy atom. The second-order valence-corrected chi connectivity index (χ2v) is 15.1. The van der Waals surface area contributed by atoms with Crippen LogP contribution in [0.1, 0.15) is 51.9 Å². The molecule has 0 aromatic rings. The largest absolute Gasteiger partial charge is 0.396 e. The van der Waals surface area contributed by atoms with Crippen LogP contribution in [0, 0.1) is 0 Å². The van der Waals surface area contributed by atoms with Gasteiger partial charge in [-0.25, -0.2) is 0 Å². The van der Waals surface area contributed by atoms with Gasteiger partial charge in [0.2, 0.25) is 0 Å². The maximum absolute atomic E-state index is 8.69. The van der Waals surface area contributed by atoms with Crippen molar-refractivity contribution >= 4 is 0 Å². The van der Waals surface area contributed by atoms with E-state index < -0.39 is 0 Å². The number of unbranched alkanes of at least 4 members (excludes halogenated alkanes) is 1. The van der Waals surface area contributed by atoms with Crippen molar-refractivity contribution in [3.8, 4) is 0 Å². The van der Waals surface area contributed by atoms with E-state index >= 15 is 0 Å². The third-order valence-corrected chi connectivity index (χ3v) is 8.98. The summed E-state index contributed by atoms with van der Waals surface area (Å²) < 4.78 is 110. The summed E-state index contributed by atoms with van der Waals surface area (Å²) in [5.41, 5.74) is 0. The Kier molecular flexibility index (Phi) is 67.3. The Morgan fingerprint density at radius 3 is 0.414 bits per heavy atom. The maximum Gasteiger partial charge on any atom is 0.0701 e. The van der Waals surface area contributed by atoms with Gasteiger partial charge in [0, 0.05) is 72.7 Å². The topological polar surface area (TPSA) is 205 Å². The van der Waals surface area contributed by atoms with Crippen LogP contribution < -0.4 is 0 Å². The number of rotatable bonds is 67. The van der Waals surface area contributed by atoms with Crippen LogP contribution in [-0.2, 0) is 94.7 Å². The third-order valence-electron chi connectivity index (χ3n) is 8.98. The fraction of sp³-hybridized carbons (Fsp3) is 1.00. The van der Waals surface area contributed by atoms with E-state index in [1.54, 1.807) is 0 Å². The summed E-state index contributed by atoms with van der Waals surface area (Å²) in [5.74, 6) is 0. The average molecular weight is 1030 g/mol. The van der Waals surface area contributed by atoms with Crippen LogP contribution in [-0.4, -0.2) is 276 Å². The first kappa shape index (κ1) is 69.2. The van der Waals surface area contributed by atoms with Crippen molar-refractivity contribution < 1.29 is 99.8 Å². The predicted molar refractivity (Wildman–Crippen MR) is 261 cm³/mol. The molecule has 0 spiro atoms. The van der Waals surface area contributed by atoms with Crippen molar-refractivity contribution in [3.05, 3.63) is 0 Å². The molecule has 0 aliphatic heterocycles. The lowest BCUT2D eigenvalue weighted by atomic mass is 10.4. The SMILES string of the molecule is CCCCOCCOCCOCCOCCOCCOCCOCCOCCOCCOCCOCCOCCOCCOCCOCCOCCCOCCCOCCCOCCCOCCCO. The number of ether oxygens (including phenoxy) is 20. The summed E-state index contributed by atoms with van der Waals surface area (Å²) in [7, 11) is 0. The van der Waals surface area contributed by atoms with Gasteiger partial charge >= 0.3 is 0 Å². The summed E-state index contributed by atoms with van der Waals surface area (Å²) in [5, 5.41) is 8.69. The minimum Gasteiger partial charge on any atom is -0.396 e. The number of hydrogen-bond donors (Lipinski definition) is 1. The van der Waals surface area contributed by atoms with Crippen LogP contribution in [0.5, 0.6) is 0 Å². The average Bonchev–Trinajstić information content (AvgIpc) is 3.37. The molecule has 21 heteroatoms. The summed E-state index contributed by atoms with van der Waals surface area (Å²) in [6, 6.07) is 0. The second-order valence-electron chi connectivity index (χ2n) is 15.1. The highest BCUT2D eigenvalue weighted by Crippen LogP contribution is 1.95. The van der Waals surface area contributed by atoms with Gasteiger partial charge in [0.05, 0.1) is 198 Å². The fourth-order valence-electron chi connectivity index (χ4n) is 5.27. The van der Waals surface area contributed by atoms with E-state index in [4.69, 9.17) is 99.8 Å². The van der Waals surface area contributed by atoms with Gasteiger partial charge in [-0.3, -0.25) is 0 Å². The summed E-state index contributed by atoms with van der Waals surface area (Å²) in [6.07, 6.45) is 6.38. The van der Waals surface area contributed by atoms with E-state index in [-0.39, 0.29) is 6.61 Å². The van der Waals surface area contributed by atoms with Crippen molar-refractivity contribution in [2.24, 2.45) is 0 Å². The minimum absolute atomic E-state index is 0.171. The van der Waals surface area contributed by atoms with Crippen molar-refractivity contribution in [2.45, 2.75) is 51.9 Å². The van der Waals surface area contributed by atoms with Crippen LogP contribution in [0.15, 0.2) is 0 Å². The molecule has 0 atom stereocenters. The Hall–Kier alpha value is -0.840. The van der Waals surface area contributed by atoms with E-state index in [2.05, 4.69) is 6.92 Å². The van der Waals surface area contributed by atoms with Crippen LogP contribution >= 0.6 is 0 Å². The molecule has 0 amide bonds. The number of aliphatic hydroxyl groups is 1. The molecule has 0 fully saturated rings. The number of aliphatic hydroxyl groups excluding tert-OH is 1. The van der Waals surface area contributed by atoms with Gasteiger partial charge in [-0.2, -0.15) is 0 Å². The Bertz CT molecular complexity index is 822. The van der Waals surface area contributed by atoms with Crippen molar-refractivity contribution in [1.29, 1.82) is 0 Å². The molecule has 0 radical (unpaired) electrons. The molecule has 0 saturated carbocycles. The molecule has 0 aliphatic rings. The van der Waals surface area contributed by atoms with Gasteiger partial charge in [0.1, 0.15) is 0 Å². The first-order valence-electron chi connectivity index (χ1n) is 26.1. The van der Waals surface area contributed by atoms with Crippen molar-refractivity contribution in [3.63, 3.8) is 0 Å². The molecule has 21 nitrogen and oxygen atoms in total.